The minimum Gasteiger partial charge on any atom is -0.384 e. The summed E-state index contributed by atoms with van der Waals surface area (Å²) in [6.07, 6.45) is 2.26. The number of hydrogen-bond acceptors (Lipinski definition) is 5. The zero-order valence-electron chi connectivity index (χ0n) is 9.48. The molecule has 0 aromatic carbocycles. The number of nitrogens with zero attached hydrogens (tertiary/aromatic N) is 2. The molecular weight excluding hydrogens is 222 g/mol. The second-order valence-corrected chi connectivity index (χ2v) is 5.26. The molecule has 0 saturated carbocycles. The number of rotatable bonds is 3. The van der Waals surface area contributed by atoms with Crippen LogP contribution in [-0.4, -0.2) is 28.4 Å². The van der Waals surface area contributed by atoms with E-state index >= 15 is 0 Å². The maximum Gasteiger partial charge on any atom is 0.140 e. The van der Waals surface area contributed by atoms with Crippen molar-refractivity contribution < 1.29 is 4.74 Å². The van der Waals surface area contributed by atoms with Crippen LogP contribution < -0.4 is 5.73 Å². The van der Waals surface area contributed by atoms with Gasteiger partial charge in [-0.15, -0.1) is 0 Å². The van der Waals surface area contributed by atoms with Crippen molar-refractivity contribution in [1.29, 1.82) is 0 Å². The fourth-order valence-corrected chi connectivity index (χ4v) is 2.80. The summed E-state index contributed by atoms with van der Waals surface area (Å²) in [5.74, 6) is 2.25. The Kier molecular flexibility index (Phi) is 4.01. The Hall–Kier alpha value is -0.810. The highest BCUT2D eigenvalue weighted by Crippen LogP contribution is 2.24. The van der Waals surface area contributed by atoms with E-state index in [9.17, 15) is 0 Å². The zero-order chi connectivity index (χ0) is 11.4. The monoisotopic (exact) mass is 239 g/mol. The molecule has 1 aromatic rings. The molecule has 88 valence electrons. The van der Waals surface area contributed by atoms with Crippen LogP contribution >= 0.6 is 11.8 Å². The molecular formula is C11H17N3OS. The molecule has 0 unspecified atom stereocenters. The number of aromatic nitrogens is 2. The molecule has 1 aliphatic heterocycles. The molecule has 0 amide bonds. The van der Waals surface area contributed by atoms with Gasteiger partial charge in [0.1, 0.15) is 11.6 Å². The van der Waals surface area contributed by atoms with E-state index in [1.54, 1.807) is 6.07 Å². The summed E-state index contributed by atoms with van der Waals surface area (Å²) in [7, 11) is 0. The largest absolute Gasteiger partial charge is 0.384 e. The van der Waals surface area contributed by atoms with Gasteiger partial charge in [-0.05, 0) is 19.8 Å². The number of aryl methyl sites for hydroxylation is 1. The number of anilines is 1. The summed E-state index contributed by atoms with van der Waals surface area (Å²) in [5.41, 5.74) is 6.63. The van der Waals surface area contributed by atoms with E-state index in [1.807, 2.05) is 18.7 Å². The molecule has 1 fully saturated rings. The summed E-state index contributed by atoms with van der Waals surface area (Å²) >= 11 is 1.91. The van der Waals surface area contributed by atoms with Crippen molar-refractivity contribution in [3.05, 3.63) is 17.6 Å². The predicted molar refractivity (Wildman–Crippen MR) is 66.3 cm³/mol. The molecule has 2 N–H and O–H groups in total. The van der Waals surface area contributed by atoms with Crippen LogP contribution in [0.3, 0.4) is 0 Å². The first-order valence-electron chi connectivity index (χ1n) is 5.53. The fraction of sp³-hybridized carbons (Fsp3) is 0.636. The van der Waals surface area contributed by atoms with Crippen molar-refractivity contribution >= 4 is 17.6 Å². The van der Waals surface area contributed by atoms with Crippen molar-refractivity contribution in [2.75, 3.05) is 18.9 Å². The van der Waals surface area contributed by atoms with Gasteiger partial charge in [0.25, 0.3) is 0 Å². The Morgan fingerprint density at radius 1 is 1.44 bits per heavy atom. The molecule has 2 heterocycles. The third kappa shape index (κ3) is 3.35. The number of ether oxygens (including phenoxy) is 1. The van der Waals surface area contributed by atoms with Gasteiger partial charge in [-0.1, -0.05) is 0 Å². The fourth-order valence-electron chi connectivity index (χ4n) is 1.76. The van der Waals surface area contributed by atoms with E-state index in [2.05, 4.69) is 9.97 Å². The van der Waals surface area contributed by atoms with E-state index in [1.165, 1.54) is 0 Å². The lowest BCUT2D eigenvalue weighted by Gasteiger charge is -2.21. The van der Waals surface area contributed by atoms with Crippen molar-refractivity contribution in [3.8, 4) is 0 Å². The van der Waals surface area contributed by atoms with E-state index in [0.29, 0.717) is 11.1 Å². The molecule has 0 spiro atoms. The van der Waals surface area contributed by atoms with Crippen LogP contribution in [0.1, 0.15) is 24.4 Å². The Balaban J connectivity index is 1.88. The van der Waals surface area contributed by atoms with Gasteiger partial charge in [0.2, 0.25) is 0 Å². The van der Waals surface area contributed by atoms with Crippen LogP contribution in [0, 0.1) is 6.92 Å². The van der Waals surface area contributed by atoms with Crippen molar-refractivity contribution in [3.63, 3.8) is 0 Å². The molecule has 0 bridgehead atoms. The minimum absolute atomic E-state index is 0.565. The standard InChI is InChI=1S/C11H17N3OS/c1-8-6-10(12)14-11(13-8)7-16-9-2-4-15-5-3-9/h6,9H,2-5,7H2,1H3,(H2,12,13,14). The topological polar surface area (TPSA) is 61.0 Å². The number of nitrogen functional groups attached to an aromatic ring is 1. The van der Waals surface area contributed by atoms with Gasteiger partial charge in [0.05, 0.1) is 5.75 Å². The van der Waals surface area contributed by atoms with Gasteiger partial charge in [-0.2, -0.15) is 11.8 Å². The van der Waals surface area contributed by atoms with Gasteiger partial charge in [-0.25, -0.2) is 9.97 Å². The van der Waals surface area contributed by atoms with Crippen molar-refractivity contribution in [2.24, 2.45) is 0 Å². The highest BCUT2D eigenvalue weighted by atomic mass is 32.2. The van der Waals surface area contributed by atoms with Crippen LogP contribution in [0.15, 0.2) is 6.07 Å². The number of thioether (sulfide) groups is 1. The molecule has 0 radical (unpaired) electrons. The van der Waals surface area contributed by atoms with Crippen LogP contribution in [0.2, 0.25) is 0 Å². The van der Waals surface area contributed by atoms with E-state index in [0.717, 1.165) is 43.3 Å². The average Bonchev–Trinajstić information content (AvgIpc) is 2.27. The first-order chi connectivity index (χ1) is 7.74. The van der Waals surface area contributed by atoms with Gasteiger partial charge in [0, 0.05) is 30.2 Å². The summed E-state index contributed by atoms with van der Waals surface area (Å²) in [6.45, 7) is 3.71. The van der Waals surface area contributed by atoms with Gasteiger partial charge in [0.15, 0.2) is 0 Å². The third-order valence-corrected chi connectivity index (χ3v) is 3.90. The summed E-state index contributed by atoms with van der Waals surface area (Å²) < 4.78 is 5.33. The van der Waals surface area contributed by atoms with Crippen LogP contribution in [0.25, 0.3) is 0 Å². The molecule has 1 aliphatic rings. The minimum atomic E-state index is 0.565. The molecule has 4 nitrogen and oxygen atoms in total. The smallest absolute Gasteiger partial charge is 0.140 e. The molecule has 16 heavy (non-hydrogen) atoms. The van der Waals surface area contributed by atoms with Crippen LogP contribution in [-0.2, 0) is 10.5 Å². The zero-order valence-corrected chi connectivity index (χ0v) is 10.3. The Bertz CT molecular complexity index is 333. The Labute approximate surface area is 100.0 Å². The average molecular weight is 239 g/mol. The molecule has 1 saturated heterocycles. The Morgan fingerprint density at radius 2 is 2.19 bits per heavy atom. The number of hydrogen-bond donors (Lipinski definition) is 1. The van der Waals surface area contributed by atoms with Crippen molar-refractivity contribution in [1.82, 2.24) is 9.97 Å². The molecule has 2 rings (SSSR count). The van der Waals surface area contributed by atoms with Crippen LogP contribution in [0.4, 0.5) is 5.82 Å². The van der Waals surface area contributed by atoms with E-state index in [-0.39, 0.29) is 0 Å². The maximum absolute atomic E-state index is 5.69. The highest BCUT2D eigenvalue weighted by Gasteiger charge is 2.14. The predicted octanol–water partition coefficient (Wildman–Crippen LogP) is 1.78. The third-order valence-electron chi connectivity index (χ3n) is 2.54. The molecule has 0 aliphatic carbocycles. The van der Waals surface area contributed by atoms with E-state index in [4.69, 9.17) is 10.5 Å². The van der Waals surface area contributed by atoms with E-state index < -0.39 is 0 Å². The Morgan fingerprint density at radius 3 is 2.88 bits per heavy atom. The quantitative estimate of drug-likeness (QED) is 0.871. The van der Waals surface area contributed by atoms with Gasteiger partial charge in [-0.3, -0.25) is 0 Å². The second kappa shape index (κ2) is 5.50. The van der Waals surface area contributed by atoms with Gasteiger partial charge < -0.3 is 10.5 Å². The lowest BCUT2D eigenvalue weighted by molar-refractivity contribution is 0.1000. The maximum atomic E-state index is 5.69. The first kappa shape index (κ1) is 11.7. The van der Waals surface area contributed by atoms with Gasteiger partial charge >= 0.3 is 0 Å². The molecule has 5 heteroatoms. The first-order valence-corrected chi connectivity index (χ1v) is 6.58. The number of nitrogens with two attached hydrogens (primary N) is 1. The normalized spacial score (nSPS) is 17.6. The molecule has 0 atom stereocenters. The SMILES string of the molecule is Cc1cc(N)nc(CSC2CCOCC2)n1. The summed E-state index contributed by atoms with van der Waals surface area (Å²) in [6, 6.07) is 1.79. The van der Waals surface area contributed by atoms with Crippen molar-refractivity contribution in [2.45, 2.75) is 30.8 Å². The summed E-state index contributed by atoms with van der Waals surface area (Å²) in [4.78, 5) is 8.61. The molecule has 1 aromatic heterocycles. The highest BCUT2D eigenvalue weighted by molar-refractivity contribution is 7.99. The summed E-state index contributed by atoms with van der Waals surface area (Å²) in [5, 5.41) is 0.680. The lowest BCUT2D eigenvalue weighted by atomic mass is 10.2. The van der Waals surface area contributed by atoms with Crippen LogP contribution in [0.5, 0.6) is 0 Å². The lowest BCUT2D eigenvalue weighted by Crippen LogP contribution is -2.17. The second-order valence-electron chi connectivity index (χ2n) is 3.97.